The summed E-state index contributed by atoms with van der Waals surface area (Å²) in [5.74, 6) is 2.11. The average molecular weight is 450 g/mol. The molecule has 1 fully saturated rings. The van der Waals surface area contributed by atoms with Crippen molar-refractivity contribution in [2.75, 3.05) is 37.7 Å². The van der Waals surface area contributed by atoms with E-state index in [1.54, 1.807) is 6.92 Å². The summed E-state index contributed by atoms with van der Waals surface area (Å²) in [5.41, 5.74) is 0. The summed E-state index contributed by atoms with van der Waals surface area (Å²) in [5, 5.41) is 6.94. The van der Waals surface area contributed by atoms with E-state index in [0.29, 0.717) is 18.3 Å². The van der Waals surface area contributed by atoms with E-state index in [-0.39, 0.29) is 29.7 Å². The van der Waals surface area contributed by atoms with Crippen LogP contribution in [0.2, 0.25) is 0 Å². The Labute approximate surface area is 149 Å². The van der Waals surface area contributed by atoms with Crippen LogP contribution in [0.5, 0.6) is 0 Å². The maximum absolute atomic E-state index is 11.3. The fraction of sp³-hybridized carbons (Fsp3) is 0.917. The van der Waals surface area contributed by atoms with E-state index in [4.69, 9.17) is 0 Å². The standard InChI is InChI=1S/C12H26N4O2S2.HI/c1-3-13-12(15-10-11-6-5-9-19-11)14-7-8-16-20(17,18)4-2;/h11,16H,3-10H2,1-2H3,(H2,13,14,15);1H. The molecular formula is C12H27IN4O2S2. The van der Waals surface area contributed by atoms with Crippen LogP contribution in [0.3, 0.4) is 0 Å². The van der Waals surface area contributed by atoms with Crippen molar-refractivity contribution in [2.45, 2.75) is 31.9 Å². The Morgan fingerprint density at radius 3 is 2.62 bits per heavy atom. The van der Waals surface area contributed by atoms with E-state index in [2.05, 4.69) is 20.3 Å². The van der Waals surface area contributed by atoms with E-state index in [9.17, 15) is 8.42 Å². The van der Waals surface area contributed by atoms with Crippen LogP contribution in [0.25, 0.3) is 0 Å². The molecule has 21 heavy (non-hydrogen) atoms. The molecule has 1 aliphatic heterocycles. The van der Waals surface area contributed by atoms with E-state index >= 15 is 0 Å². The SMILES string of the molecule is CCNC(=NCC1CCCS1)NCCNS(=O)(=O)CC.I. The minimum atomic E-state index is -3.11. The first kappa shape index (κ1) is 21.3. The van der Waals surface area contributed by atoms with Crippen molar-refractivity contribution in [3.63, 3.8) is 0 Å². The van der Waals surface area contributed by atoms with Gasteiger partial charge in [-0.1, -0.05) is 0 Å². The van der Waals surface area contributed by atoms with Gasteiger partial charge in [-0.25, -0.2) is 13.1 Å². The third kappa shape index (κ3) is 9.80. The maximum Gasteiger partial charge on any atom is 0.211 e. The molecule has 0 aromatic rings. The number of halogens is 1. The normalized spacial score (nSPS) is 19.1. The first-order chi connectivity index (χ1) is 9.57. The van der Waals surface area contributed by atoms with Crippen LogP contribution in [0.4, 0.5) is 0 Å². The van der Waals surface area contributed by atoms with Crippen molar-refractivity contribution in [2.24, 2.45) is 4.99 Å². The van der Waals surface area contributed by atoms with E-state index in [1.807, 2.05) is 18.7 Å². The van der Waals surface area contributed by atoms with Gasteiger partial charge in [0.05, 0.1) is 12.3 Å². The monoisotopic (exact) mass is 450 g/mol. The molecule has 6 nitrogen and oxygen atoms in total. The summed E-state index contributed by atoms with van der Waals surface area (Å²) in [6.45, 7) is 6.16. The Morgan fingerprint density at radius 1 is 1.29 bits per heavy atom. The highest BCUT2D eigenvalue weighted by Gasteiger charge is 2.14. The van der Waals surface area contributed by atoms with Crippen molar-refractivity contribution in [3.05, 3.63) is 0 Å². The molecule has 0 aliphatic carbocycles. The fourth-order valence-electron chi connectivity index (χ4n) is 1.81. The molecule has 0 aromatic heterocycles. The third-order valence-corrected chi connectivity index (χ3v) is 5.73. The van der Waals surface area contributed by atoms with E-state index < -0.39 is 10.0 Å². The molecule has 1 saturated heterocycles. The molecule has 0 bridgehead atoms. The topological polar surface area (TPSA) is 82.6 Å². The van der Waals surface area contributed by atoms with E-state index in [1.165, 1.54) is 18.6 Å². The van der Waals surface area contributed by atoms with Crippen molar-refractivity contribution in [3.8, 4) is 0 Å². The summed E-state index contributed by atoms with van der Waals surface area (Å²) in [6, 6.07) is 0. The van der Waals surface area contributed by atoms with E-state index in [0.717, 1.165) is 19.0 Å². The van der Waals surface area contributed by atoms with Gasteiger partial charge in [0.2, 0.25) is 10.0 Å². The lowest BCUT2D eigenvalue weighted by Gasteiger charge is -2.13. The van der Waals surface area contributed by atoms with Gasteiger partial charge in [-0.3, -0.25) is 4.99 Å². The molecule has 0 radical (unpaired) electrons. The molecule has 1 heterocycles. The molecule has 1 unspecified atom stereocenters. The molecule has 1 atom stereocenters. The van der Waals surface area contributed by atoms with Crippen molar-refractivity contribution in [1.82, 2.24) is 15.4 Å². The highest BCUT2D eigenvalue weighted by atomic mass is 127. The first-order valence-corrected chi connectivity index (χ1v) is 9.88. The zero-order valence-electron chi connectivity index (χ0n) is 12.7. The first-order valence-electron chi connectivity index (χ1n) is 7.18. The number of hydrogen-bond donors (Lipinski definition) is 3. The van der Waals surface area contributed by atoms with Gasteiger partial charge in [0.25, 0.3) is 0 Å². The third-order valence-electron chi connectivity index (χ3n) is 2.94. The Balaban J connectivity index is 0.00000400. The molecule has 0 amide bonds. The van der Waals surface area contributed by atoms with Crippen LogP contribution in [0.1, 0.15) is 26.7 Å². The van der Waals surface area contributed by atoms with Gasteiger partial charge in [-0.15, -0.1) is 24.0 Å². The number of nitrogens with zero attached hydrogens (tertiary/aromatic N) is 1. The molecule has 0 spiro atoms. The van der Waals surface area contributed by atoms with Gasteiger partial charge in [0.1, 0.15) is 0 Å². The number of nitrogens with one attached hydrogen (secondary N) is 3. The number of thioether (sulfide) groups is 1. The van der Waals surface area contributed by atoms with Gasteiger partial charge in [-0.05, 0) is 32.4 Å². The van der Waals surface area contributed by atoms with Gasteiger partial charge < -0.3 is 10.6 Å². The number of guanidine groups is 1. The molecule has 0 saturated carbocycles. The minimum Gasteiger partial charge on any atom is -0.357 e. The Bertz CT molecular complexity index is 398. The molecule has 9 heteroatoms. The van der Waals surface area contributed by atoms with Crippen LogP contribution in [-0.4, -0.2) is 57.3 Å². The molecular weight excluding hydrogens is 423 g/mol. The summed E-state index contributed by atoms with van der Waals surface area (Å²) in [7, 11) is -3.11. The number of aliphatic imine (C=N–C) groups is 1. The van der Waals surface area contributed by atoms with Crippen LogP contribution >= 0.6 is 35.7 Å². The van der Waals surface area contributed by atoms with Gasteiger partial charge in [0.15, 0.2) is 5.96 Å². The zero-order valence-corrected chi connectivity index (χ0v) is 16.7. The molecule has 1 aliphatic rings. The predicted octanol–water partition coefficient (Wildman–Crippen LogP) is 0.994. The lowest BCUT2D eigenvalue weighted by molar-refractivity contribution is 0.582. The van der Waals surface area contributed by atoms with Crippen LogP contribution in [0.15, 0.2) is 4.99 Å². The highest BCUT2D eigenvalue weighted by Crippen LogP contribution is 2.25. The summed E-state index contributed by atoms with van der Waals surface area (Å²) >= 11 is 1.98. The van der Waals surface area contributed by atoms with Crippen molar-refractivity contribution < 1.29 is 8.42 Å². The van der Waals surface area contributed by atoms with Gasteiger partial charge >= 0.3 is 0 Å². The van der Waals surface area contributed by atoms with Crippen molar-refractivity contribution in [1.29, 1.82) is 0 Å². The van der Waals surface area contributed by atoms with Gasteiger partial charge in [-0.2, -0.15) is 11.8 Å². The van der Waals surface area contributed by atoms with Crippen LogP contribution < -0.4 is 15.4 Å². The number of sulfonamides is 1. The smallest absolute Gasteiger partial charge is 0.211 e. The number of hydrogen-bond acceptors (Lipinski definition) is 4. The summed E-state index contributed by atoms with van der Waals surface area (Å²) in [6.07, 6.45) is 2.53. The molecule has 1 rings (SSSR count). The second kappa shape index (κ2) is 11.8. The molecule has 0 aromatic carbocycles. The highest BCUT2D eigenvalue weighted by molar-refractivity contribution is 14.0. The lowest BCUT2D eigenvalue weighted by atomic mass is 10.2. The Kier molecular flexibility index (Phi) is 11.9. The predicted molar refractivity (Wildman–Crippen MR) is 102 cm³/mol. The quantitative estimate of drug-likeness (QED) is 0.223. The van der Waals surface area contributed by atoms with Crippen molar-refractivity contribution >= 4 is 51.7 Å². The minimum absolute atomic E-state index is 0. The second-order valence-corrected chi connectivity index (χ2v) is 8.08. The zero-order chi connectivity index (χ0) is 14.8. The largest absolute Gasteiger partial charge is 0.357 e. The average Bonchev–Trinajstić information content (AvgIpc) is 2.94. The Hall–Kier alpha value is 0.260. The fourth-order valence-corrected chi connectivity index (χ4v) is 3.61. The van der Waals surface area contributed by atoms with Gasteiger partial charge in [0, 0.05) is 24.9 Å². The Morgan fingerprint density at radius 2 is 2.05 bits per heavy atom. The molecule has 126 valence electrons. The lowest BCUT2D eigenvalue weighted by Crippen LogP contribution is -2.42. The maximum atomic E-state index is 11.3. The molecule has 3 N–H and O–H groups in total. The van der Waals surface area contributed by atoms with Crippen LogP contribution in [0, 0.1) is 0 Å². The number of rotatable bonds is 8. The van der Waals surface area contributed by atoms with Crippen LogP contribution in [-0.2, 0) is 10.0 Å². The summed E-state index contributed by atoms with van der Waals surface area (Å²) in [4.78, 5) is 4.55. The second-order valence-electron chi connectivity index (χ2n) is 4.58. The summed E-state index contributed by atoms with van der Waals surface area (Å²) < 4.78 is 25.1.